The number of carbonyl (C=O) groups excluding carboxylic acids is 1. The van der Waals surface area contributed by atoms with Crippen LogP contribution in [-0.2, 0) is 4.79 Å². The molecule has 1 N–H and O–H groups in total. The molecular formula is C22H26N4O. The molecule has 1 unspecified atom stereocenters. The van der Waals surface area contributed by atoms with Crippen molar-refractivity contribution in [3.05, 3.63) is 66.3 Å². The number of amides is 1. The van der Waals surface area contributed by atoms with E-state index in [1.807, 2.05) is 24.5 Å². The van der Waals surface area contributed by atoms with Gasteiger partial charge in [0.15, 0.2) is 0 Å². The monoisotopic (exact) mass is 362 g/mol. The molecule has 140 valence electrons. The van der Waals surface area contributed by atoms with E-state index in [-0.39, 0.29) is 5.91 Å². The number of carbonyl (C=O) groups is 1. The largest absolute Gasteiger partial charge is 0.353 e. The fourth-order valence-electron chi connectivity index (χ4n) is 4.35. The highest BCUT2D eigenvalue weighted by Gasteiger charge is 2.55. The number of aromatic nitrogens is 2. The van der Waals surface area contributed by atoms with Crippen LogP contribution in [0.1, 0.15) is 30.5 Å². The first kappa shape index (κ1) is 17.9. The zero-order valence-electron chi connectivity index (χ0n) is 15.7. The van der Waals surface area contributed by atoms with Crippen LogP contribution in [0.25, 0.3) is 6.08 Å². The Kier molecular flexibility index (Phi) is 5.30. The summed E-state index contributed by atoms with van der Waals surface area (Å²) in [6, 6.07) is 8.48. The Morgan fingerprint density at radius 1 is 1.22 bits per heavy atom. The molecule has 4 rings (SSSR count). The second-order valence-corrected chi connectivity index (χ2v) is 7.60. The lowest BCUT2D eigenvalue weighted by atomic mass is 10.1. The van der Waals surface area contributed by atoms with Gasteiger partial charge in [0.2, 0.25) is 5.91 Å². The van der Waals surface area contributed by atoms with E-state index in [0.717, 1.165) is 36.3 Å². The molecular weight excluding hydrogens is 336 g/mol. The van der Waals surface area contributed by atoms with Crippen molar-refractivity contribution in [1.82, 2.24) is 20.2 Å². The quantitative estimate of drug-likeness (QED) is 0.770. The van der Waals surface area contributed by atoms with Crippen molar-refractivity contribution < 1.29 is 4.79 Å². The van der Waals surface area contributed by atoms with Crippen LogP contribution in [-0.4, -0.2) is 40.4 Å². The van der Waals surface area contributed by atoms with Crippen molar-refractivity contribution in [2.45, 2.75) is 19.4 Å². The summed E-state index contributed by atoms with van der Waals surface area (Å²) < 4.78 is 0. The van der Waals surface area contributed by atoms with Gasteiger partial charge in [0, 0.05) is 56.5 Å². The lowest BCUT2D eigenvalue weighted by Crippen LogP contribution is -2.29. The van der Waals surface area contributed by atoms with Crippen molar-refractivity contribution >= 4 is 12.0 Å². The number of hydrogen-bond donors (Lipinski definition) is 1. The molecule has 2 aromatic rings. The first-order valence-corrected chi connectivity index (χ1v) is 9.72. The van der Waals surface area contributed by atoms with E-state index >= 15 is 0 Å². The van der Waals surface area contributed by atoms with Crippen LogP contribution in [0, 0.1) is 17.8 Å². The minimum Gasteiger partial charge on any atom is -0.353 e. The van der Waals surface area contributed by atoms with Crippen LogP contribution in [0.4, 0.5) is 0 Å². The highest BCUT2D eigenvalue weighted by atomic mass is 16.1. The second-order valence-electron chi connectivity index (χ2n) is 7.60. The van der Waals surface area contributed by atoms with E-state index in [0.29, 0.717) is 6.04 Å². The van der Waals surface area contributed by atoms with E-state index < -0.39 is 0 Å². The summed E-state index contributed by atoms with van der Waals surface area (Å²) in [7, 11) is 0. The third-order valence-electron chi connectivity index (χ3n) is 6.02. The Hall–Kier alpha value is -2.53. The molecule has 5 heteroatoms. The molecule has 0 radical (unpaired) electrons. The van der Waals surface area contributed by atoms with Gasteiger partial charge in [-0.2, -0.15) is 0 Å². The third-order valence-corrected chi connectivity index (χ3v) is 6.02. The van der Waals surface area contributed by atoms with Crippen molar-refractivity contribution in [3.63, 3.8) is 0 Å². The number of pyridine rings is 2. The molecule has 1 aliphatic carbocycles. The van der Waals surface area contributed by atoms with Gasteiger partial charge in [-0.3, -0.25) is 19.7 Å². The van der Waals surface area contributed by atoms with Gasteiger partial charge in [0.05, 0.1) is 0 Å². The summed E-state index contributed by atoms with van der Waals surface area (Å²) in [5.74, 6) is 2.35. The number of nitrogens with zero attached hydrogens (tertiary/aromatic N) is 3. The predicted octanol–water partition coefficient (Wildman–Crippen LogP) is 2.94. The number of fused-ring (bicyclic) bond motifs is 1. The Morgan fingerprint density at radius 3 is 2.70 bits per heavy atom. The number of hydrogen-bond acceptors (Lipinski definition) is 4. The first-order chi connectivity index (χ1) is 13.2. The number of nitrogens with one attached hydrogen (secondary N) is 1. The molecule has 2 fully saturated rings. The van der Waals surface area contributed by atoms with E-state index in [4.69, 9.17) is 0 Å². The van der Waals surface area contributed by atoms with Crippen LogP contribution < -0.4 is 5.32 Å². The lowest BCUT2D eigenvalue weighted by molar-refractivity contribution is -0.116. The van der Waals surface area contributed by atoms with Gasteiger partial charge in [0.1, 0.15) is 0 Å². The van der Waals surface area contributed by atoms with E-state index in [1.165, 1.54) is 18.7 Å². The zero-order valence-corrected chi connectivity index (χ0v) is 15.7. The van der Waals surface area contributed by atoms with Gasteiger partial charge in [-0.15, -0.1) is 0 Å². The maximum Gasteiger partial charge on any atom is 0.244 e. The molecule has 1 aliphatic heterocycles. The van der Waals surface area contributed by atoms with Gasteiger partial charge in [-0.25, -0.2) is 0 Å². The number of likely N-dealkylation sites (tertiary alicyclic amines) is 1. The van der Waals surface area contributed by atoms with E-state index in [9.17, 15) is 4.79 Å². The SMILES string of the molecule is CC(c1ccncc1)N1C[C@@H]2[C@@H](CCNC(=O)/C=C/c3cccnc3)[C@@H]2C1. The number of piperidine rings is 1. The van der Waals surface area contributed by atoms with E-state index in [1.54, 1.807) is 24.5 Å². The second kappa shape index (κ2) is 8.01. The average Bonchev–Trinajstić information content (AvgIpc) is 3.16. The normalized spacial score (nSPS) is 25.3. The van der Waals surface area contributed by atoms with Gasteiger partial charge in [-0.1, -0.05) is 6.07 Å². The fraction of sp³-hybridized carbons (Fsp3) is 0.409. The summed E-state index contributed by atoms with van der Waals surface area (Å²) in [6.07, 6.45) is 11.7. The van der Waals surface area contributed by atoms with Crippen LogP contribution in [0.2, 0.25) is 0 Å². The zero-order chi connectivity index (χ0) is 18.6. The molecule has 0 bridgehead atoms. The van der Waals surface area contributed by atoms with Gasteiger partial charge in [0.25, 0.3) is 0 Å². The molecule has 27 heavy (non-hydrogen) atoms. The summed E-state index contributed by atoms with van der Waals surface area (Å²) in [5, 5.41) is 3.01. The van der Waals surface area contributed by atoms with Crippen molar-refractivity contribution in [1.29, 1.82) is 0 Å². The predicted molar refractivity (Wildman–Crippen MR) is 106 cm³/mol. The Labute approximate surface area is 160 Å². The van der Waals surface area contributed by atoms with Crippen LogP contribution in [0.3, 0.4) is 0 Å². The molecule has 3 heterocycles. The lowest BCUT2D eigenvalue weighted by Gasteiger charge is -2.27. The topological polar surface area (TPSA) is 58.1 Å². The molecule has 4 atom stereocenters. The van der Waals surface area contributed by atoms with Gasteiger partial charge in [-0.05, 0) is 66.5 Å². The molecule has 1 saturated carbocycles. The third kappa shape index (κ3) is 4.25. The minimum absolute atomic E-state index is 0.0300. The van der Waals surface area contributed by atoms with Crippen LogP contribution in [0.5, 0.6) is 0 Å². The van der Waals surface area contributed by atoms with Crippen molar-refractivity contribution in [3.8, 4) is 0 Å². The molecule has 1 saturated heterocycles. The first-order valence-electron chi connectivity index (χ1n) is 9.72. The molecule has 0 spiro atoms. The van der Waals surface area contributed by atoms with Crippen LogP contribution >= 0.6 is 0 Å². The Bertz CT molecular complexity index is 780. The Morgan fingerprint density at radius 2 is 2.00 bits per heavy atom. The summed E-state index contributed by atoms with van der Waals surface area (Å²) in [5.41, 5.74) is 2.28. The van der Waals surface area contributed by atoms with E-state index in [2.05, 4.69) is 39.2 Å². The average molecular weight is 362 g/mol. The highest BCUT2D eigenvalue weighted by molar-refractivity contribution is 5.91. The van der Waals surface area contributed by atoms with Gasteiger partial charge < -0.3 is 5.32 Å². The summed E-state index contributed by atoms with van der Waals surface area (Å²) >= 11 is 0. The minimum atomic E-state index is -0.0300. The van der Waals surface area contributed by atoms with Gasteiger partial charge >= 0.3 is 0 Å². The van der Waals surface area contributed by atoms with Crippen molar-refractivity contribution in [2.24, 2.45) is 17.8 Å². The van der Waals surface area contributed by atoms with Crippen molar-refractivity contribution in [2.75, 3.05) is 19.6 Å². The summed E-state index contributed by atoms with van der Waals surface area (Å²) in [6.45, 7) is 5.39. The fourth-order valence-corrected chi connectivity index (χ4v) is 4.35. The number of rotatable bonds is 7. The maximum absolute atomic E-state index is 11.9. The van der Waals surface area contributed by atoms with Crippen LogP contribution in [0.15, 0.2) is 55.1 Å². The smallest absolute Gasteiger partial charge is 0.244 e. The molecule has 0 aromatic carbocycles. The standard InChI is InChI=1S/C22H26N4O/c1-16(18-6-10-23-11-7-18)26-14-20-19(21(20)15-26)8-12-25-22(27)5-4-17-3-2-9-24-13-17/h2-7,9-11,13,16,19-21H,8,12,14-15H2,1H3,(H,25,27)/b5-4+/t16?,19-,20-,21+. The molecule has 2 aromatic heterocycles. The Balaban J connectivity index is 1.16. The molecule has 2 aliphatic rings. The maximum atomic E-state index is 11.9. The highest BCUT2D eigenvalue weighted by Crippen LogP contribution is 2.54. The molecule has 5 nitrogen and oxygen atoms in total. The summed E-state index contributed by atoms with van der Waals surface area (Å²) in [4.78, 5) is 22.7. The molecule has 1 amide bonds.